The van der Waals surface area contributed by atoms with Crippen LogP contribution in [0.5, 0.6) is 17.2 Å². The Morgan fingerprint density at radius 1 is 1.06 bits per heavy atom. The fourth-order valence-corrected chi connectivity index (χ4v) is 4.08. The molecule has 0 amide bonds. The van der Waals surface area contributed by atoms with Crippen LogP contribution < -0.4 is 19.5 Å². The highest BCUT2D eigenvalue weighted by atomic mass is 19.1. The minimum atomic E-state index is -1.04. The summed E-state index contributed by atoms with van der Waals surface area (Å²) in [6, 6.07) is 10.9. The molecule has 0 aliphatic carbocycles. The molecule has 1 heterocycles. The van der Waals surface area contributed by atoms with E-state index in [0.717, 1.165) is 0 Å². The van der Waals surface area contributed by atoms with Crippen LogP contribution in [0, 0.1) is 18.6 Å². The van der Waals surface area contributed by atoms with Crippen molar-refractivity contribution in [1.29, 1.82) is 0 Å². The van der Waals surface area contributed by atoms with Crippen LogP contribution in [0.3, 0.4) is 0 Å². The SMILES string of the molecule is COc1cc(NC(C(=O)c2c[nH]c3c(F)cc(C)cc23)c2ccc(F)cc2OC)cc(OCCO)c1. The van der Waals surface area contributed by atoms with Crippen LogP contribution in [0.15, 0.2) is 54.7 Å². The minimum absolute atomic E-state index is 0.0704. The van der Waals surface area contributed by atoms with Crippen molar-refractivity contribution in [3.05, 3.63) is 83.1 Å². The number of ether oxygens (including phenoxy) is 3. The minimum Gasteiger partial charge on any atom is -0.497 e. The largest absolute Gasteiger partial charge is 0.497 e. The highest BCUT2D eigenvalue weighted by molar-refractivity contribution is 6.12. The number of H-pyrrole nitrogens is 1. The number of hydrogen-bond acceptors (Lipinski definition) is 6. The Kier molecular flexibility index (Phi) is 7.40. The van der Waals surface area contributed by atoms with E-state index in [2.05, 4.69) is 10.3 Å². The lowest BCUT2D eigenvalue weighted by Gasteiger charge is -2.22. The topological polar surface area (TPSA) is 92.8 Å². The highest BCUT2D eigenvalue weighted by Crippen LogP contribution is 2.35. The predicted molar refractivity (Wildman–Crippen MR) is 132 cm³/mol. The van der Waals surface area contributed by atoms with Gasteiger partial charge in [0.2, 0.25) is 0 Å². The Labute approximate surface area is 206 Å². The monoisotopic (exact) mass is 496 g/mol. The normalized spacial score (nSPS) is 11.8. The van der Waals surface area contributed by atoms with Crippen molar-refractivity contribution in [1.82, 2.24) is 4.98 Å². The van der Waals surface area contributed by atoms with Crippen LogP contribution in [0.4, 0.5) is 14.5 Å². The molecular weight excluding hydrogens is 470 g/mol. The molecule has 1 aromatic heterocycles. The van der Waals surface area contributed by atoms with Crippen LogP contribution in [0.25, 0.3) is 10.9 Å². The molecule has 0 saturated heterocycles. The zero-order valence-corrected chi connectivity index (χ0v) is 20.0. The van der Waals surface area contributed by atoms with Gasteiger partial charge in [-0.1, -0.05) is 0 Å². The summed E-state index contributed by atoms with van der Waals surface area (Å²) in [5.74, 6) is -0.346. The average molecular weight is 497 g/mol. The van der Waals surface area contributed by atoms with Gasteiger partial charge < -0.3 is 29.6 Å². The van der Waals surface area contributed by atoms with Gasteiger partial charge in [-0.3, -0.25) is 4.79 Å². The van der Waals surface area contributed by atoms with Gasteiger partial charge >= 0.3 is 0 Å². The number of anilines is 1. The predicted octanol–water partition coefficient (Wildman–Crippen LogP) is 5.18. The molecule has 0 saturated carbocycles. The molecule has 0 aliphatic rings. The van der Waals surface area contributed by atoms with Crippen molar-refractivity contribution in [2.45, 2.75) is 13.0 Å². The second-order valence-electron chi connectivity index (χ2n) is 8.17. The number of carbonyl (C=O) groups excluding carboxylic acids is 1. The first-order chi connectivity index (χ1) is 17.3. The van der Waals surface area contributed by atoms with Crippen LogP contribution >= 0.6 is 0 Å². The van der Waals surface area contributed by atoms with E-state index in [4.69, 9.17) is 19.3 Å². The number of aryl methyl sites for hydroxylation is 1. The van der Waals surface area contributed by atoms with Crippen molar-refractivity contribution in [2.75, 3.05) is 32.8 Å². The second-order valence-corrected chi connectivity index (χ2v) is 8.17. The van der Waals surface area contributed by atoms with Crippen LogP contribution in [-0.2, 0) is 0 Å². The fourth-order valence-electron chi connectivity index (χ4n) is 4.08. The van der Waals surface area contributed by atoms with E-state index in [1.807, 2.05) is 0 Å². The third-order valence-electron chi connectivity index (χ3n) is 5.71. The van der Waals surface area contributed by atoms with Gasteiger partial charge in [0, 0.05) is 52.7 Å². The van der Waals surface area contributed by atoms with Crippen molar-refractivity contribution in [3.8, 4) is 17.2 Å². The van der Waals surface area contributed by atoms with Crippen LogP contribution in [0.1, 0.15) is 27.5 Å². The lowest BCUT2D eigenvalue weighted by Crippen LogP contribution is -2.22. The van der Waals surface area contributed by atoms with Crippen molar-refractivity contribution in [2.24, 2.45) is 0 Å². The number of aliphatic hydroxyl groups is 1. The first-order valence-corrected chi connectivity index (χ1v) is 11.2. The Balaban J connectivity index is 1.83. The molecular formula is C27H26F2N2O5. The lowest BCUT2D eigenvalue weighted by molar-refractivity contribution is 0.0970. The number of carbonyl (C=O) groups is 1. The Morgan fingerprint density at radius 3 is 2.56 bits per heavy atom. The number of Topliss-reactive ketones (excluding diaryl/α,β-unsaturated/α-hetero) is 1. The number of ketones is 1. The standard InChI is InChI=1S/C27H26F2N2O5/c1-15-8-21-22(14-30-25(21)23(29)9-15)27(33)26(20-5-4-16(28)10-24(20)35-3)31-17-11-18(34-2)13-19(12-17)36-7-6-32/h4-5,8-14,26,30-32H,6-7H2,1-3H3. The maximum atomic E-state index is 14.5. The summed E-state index contributed by atoms with van der Waals surface area (Å²) in [5, 5.41) is 12.7. The van der Waals surface area contributed by atoms with Gasteiger partial charge in [0.15, 0.2) is 5.78 Å². The van der Waals surface area contributed by atoms with Gasteiger partial charge in [-0.2, -0.15) is 0 Å². The smallest absolute Gasteiger partial charge is 0.191 e. The molecule has 9 heteroatoms. The number of aliphatic hydroxyl groups excluding tert-OH is 1. The quantitative estimate of drug-likeness (QED) is 0.262. The zero-order valence-electron chi connectivity index (χ0n) is 20.0. The van der Waals surface area contributed by atoms with E-state index in [9.17, 15) is 13.6 Å². The van der Waals surface area contributed by atoms with Gasteiger partial charge in [0.25, 0.3) is 0 Å². The average Bonchev–Trinajstić information content (AvgIpc) is 3.29. The number of hydrogen-bond donors (Lipinski definition) is 3. The van der Waals surface area contributed by atoms with E-state index in [1.54, 1.807) is 31.2 Å². The zero-order chi connectivity index (χ0) is 25.8. The number of nitrogens with one attached hydrogen (secondary N) is 2. The van der Waals surface area contributed by atoms with Crippen molar-refractivity contribution in [3.63, 3.8) is 0 Å². The molecule has 188 valence electrons. The molecule has 0 aliphatic heterocycles. The molecule has 1 atom stereocenters. The van der Waals surface area contributed by atoms with Gasteiger partial charge in [-0.25, -0.2) is 8.78 Å². The van der Waals surface area contributed by atoms with E-state index in [0.29, 0.717) is 33.7 Å². The Morgan fingerprint density at radius 2 is 1.83 bits per heavy atom. The van der Waals surface area contributed by atoms with Gasteiger partial charge in [0.05, 0.1) is 26.3 Å². The number of halogens is 2. The number of aromatic nitrogens is 1. The number of rotatable bonds is 10. The summed E-state index contributed by atoms with van der Waals surface area (Å²) >= 11 is 0. The van der Waals surface area contributed by atoms with E-state index < -0.39 is 23.5 Å². The molecule has 3 N–H and O–H groups in total. The molecule has 0 bridgehead atoms. The van der Waals surface area contributed by atoms with Gasteiger partial charge in [-0.05, 0) is 36.8 Å². The second kappa shape index (κ2) is 10.7. The summed E-state index contributed by atoms with van der Waals surface area (Å²) in [6.07, 6.45) is 1.46. The Hall–Kier alpha value is -4.11. The molecule has 0 fully saturated rings. The summed E-state index contributed by atoms with van der Waals surface area (Å²) in [5.41, 5.74) is 1.99. The molecule has 0 radical (unpaired) electrons. The first kappa shape index (κ1) is 25.0. The summed E-state index contributed by atoms with van der Waals surface area (Å²) in [4.78, 5) is 16.8. The fraction of sp³-hybridized carbons (Fsp3) is 0.222. The number of benzene rings is 3. The summed E-state index contributed by atoms with van der Waals surface area (Å²) in [7, 11) is 2.88. The van der Waals surface area contributed by atoms with E-state index >= 15 is 0 Å². The molecule has 36 heavy (non-hydrogen) atoms. The first-order valence-electron chi connectivity index (χ1n) is 11.2. The van der Waals surface area contributed by atoms with Gasteiger partial charge in [0.1, 0.15) is 41.5 Å². The summed E-state index contributed by atoms with van der Waals surface area (Å²) < 4.78 is 44.8. The maximum absolute atomic E-state index is 14.5. The third-order valence-corrected chi connectivity index (χ3v) is 5.71. The number of fused-ring (bicyclic) bond motifs is 1. The molecule has 4 aromatic rings. The van der Waals surface area contributed by atoms with Crippen LogP contribution in [-0.4, -0.2) is 43.3 Å². The third kappa shape index (κ3) is 5.11. The Bertz CT molecular complexity index is 1400. The molecule has 3 aromatic carbocycles. The number of aromatic amines is 1. The molecule has 1 unspecified atom stereocenters. The van der Waals surface area contributed by atoms with Gasteiger partial charge in [-0.15, -0.1) is 0 Å². The number of methoxy groups -OCH3 is 2. The molecule has 4 rings (SSSR count). The maximum Gasteiger partial charge on any atom is 0.191 e. The lowest BCUT2D eigenvalue weighted by atomic mass is 9.95. The van der Waals surface area contributed by atoms with E-state index in [1.165, 1.54) is 44.7 Å². The van der Waals surface area contributed by atoms with E-state index in [-0.39, 0.29) is 30.0 Å². The van der Waals surface area contributed by atoms with Crippen molar-refractivity contribution >= 4 is 22.4 Å². The summed E-state index contributed by atoms with van der Waals surface area (Å²) in [6.45, 7) is 1.64. The highest BCUT2D eigenvalue weighted by Gasteiger charge is 2.28. The van der Waals surface area contributed by atoms with Crippen molar-refractivity contribution < 1.29 is 32.9 Å². The van der Waals surface area contributed by atoms with Crippen LogP contribution in [0.2, 0.25) is 0 Å². The molecule has 0 spiro atoms. The molecule has 7 nitrogen and oxygen atoms in total.